The van der Waals surface area contributed by atoms with Crippen LogP contribution in [0.5, 0.6) is 0 Å². The Labute approximate surface area is 191 Å². The van der Waals surface area contributed by atoms with Gasteiger partial charge in [-0.2, -0.15) is 0 Å². The SMILES string of the molecule is Cc1nc2ccccc2c(-c2ccccc2)c1CC(=O)Nc1ccc(F)c(NS(C)(=O)=O)c1. The van der Waals surface area contributed by atoms with Crippen LogP contribution in [0.3, 0.4) is 0 Å². The highest BCUT2D eigenvalue weighted by molar-refractivity contribution is 7.92. The molecule has 1 heterocycles. The largest absolute Gasteiger partial charge is 0.326 e. The van der Waals surface area contributed by atoms with Gasteiger partial charge in [0, 0.05) is 16.8 Å². The van der Waals surface area contributed by atoms with E-state index >= 15 is 0 Å². The van der Waals surface area contributed by atoms with Crippen molar-refractivity contribution in [2.24, 2.45) is 0 Å². The Morgan fingerprint density at radius 2 is 1.70 bits per heavy atom. The molecule has 4 aromatic rings. The monoisotopic (exact) mass is 463 g/mol. The van der Waals surface area contributed by atoms with Crippen molar-refractivity contribution in [1.82, 2.24) is 4.98 Å². The fourth-order valence-electron chi connectivity index (χ4n) is 3.77. The normalized spacial score (nSPS) is 11.4. The summed E-state index contributed by atoms with van der Waals surface area (Å²) in [5, 5.41) is 3.67. The van der Waals surface area contributed by atoms with E-state index < -0.39 is 15.8 Å². The number of hydrogen-bond donors (Lipinski definition) is 2. The van der Waals surface area contributed by atoms with Crippen molar-refractivity contribution < 1.29 is 17.6 Å². The number of amides is 1. The summed E-state index contributed by atoms with van der Waals surface area (Å²) in [5.74, 6) is -1.07. The zero-order chi connectivity index (χ0) is 23.6. The van der Waals surface area contributed by atoms with Crippen molar-refractivity contribution in [1.29, 1.82) is 0 Å². The van der Waals surface area contributed by atoms with E-state index in [9.17, 15) is 17.6 Å². The van der Waals surface area contributed by atoms with Crippen LogP contribution in [-0.4, -0.2) is 25.6 Å². The van der Waals surface area contributed by atoms with Crippen LogP contribution in [0.25, 0.3) is 22.0 Å². The molecule has 0 aliphatic carbocycles. The first-order valence-electron chi connectivity index (χ1n) is 10.2. The predicted molar refractivity (Wildman–Crippen MR) is 129 cm³/mol. The van der Waals surface area contributed by atoms with Crippen molar-refractivity contribution in [2.75, 3.05) is 16.3 Å². The third-order valence-electron chi connectivity index (χ3n) is 5.15. The summed E-state index contributed by atoms with van der Waals surface area (Å²) in [5.41, 5.74) is 4.32. The van der Waals surface area contributed by atoms with Gasteiger partial charge in [0.05, 0.1) is 23.9 Å². The quantitative estimate of drug-likeness (QED) is 0.426. The van der Waals surface area contributed by atoms with E-state index in [0.29, 0.717) is 0 Å². The fourth-order valence-corrected chi connectivity index (χ4v) is 4.33. The smallest absolute Gasteiger partial charge is 0.229 e. The van der Waals surface area contributed by atoms with Gasteiger partial charge in [0.25, 0.3) is 0 Å². The summed E-state index contributed by atoms with van der Waals surface area (Å²) in [7, 11) is -3.67. The maximum atomic E-state index is 14.0. The molecule has 0 bridgehead atoms. The number of aryl methyl sites for hydroxylation is 1. The molecule has 6 nitrogen and oxygen atoms in total. The van der Waals surface area contributed by atoms with Crippen LogP contribution in [0.2, 0.25) is 0 Å². The highest BCUT2D eigenvalue weighted by atomic mass is 32.2. The number of carbonyl (C=O) groups is 1. The molecule has 33 heavy (non-hydrogen) atoms. The highest BCUT2D eigenvalue weighted by Gasteiger charge is 2.18. The summed E-state index contributed by atoms with van der Waals surface area (Å²) in [4.78, 5) is 17.6. The zero-order valence-electron chi connectivity index (χ0n) is 18.1. The molecule has 2 N–H and O–H groups in total. The Balaban J connectivity index is 1.69. The Morgan fingerprint density at radius 3 is 2.42 bits per heavy atom. The number of hydrogen-bond acceptors (Lipinski definition) is 4. The number of para-hydroxylation sites is 1. The summed E-state index contributed by atoms with van der Waals surface area (Å²) >= 11 is 0. The highest BCUT2D eigenvalue weighted by Crippen LogP contribution is 2.33. The molecule has 4 rings (SSSR count). The van der Waals surface area contributed by atoms with Crippen molar-refractivity contribution in [3.8, 4) is 11.1 Å². The topological polar surface area (TPSA) is 88.2 Å². The van der Waals surface area contributed by atoms with Crippen LogP contribution in [0, 0.1) is 12.7 Å². The average molecular weight is 464 g/mol. The van der Waals surface area contributed by atoms with E-state index in [1.165, 1.54) is 12.1 Å². The van der Waals surface area contributed by atoms with E-state index in [4.69, 9.17) is 0 Å². The number of nitrogens with zero attached hydrogens (tertiary/aromatic N) is 1. The van der Waals surface area contributed by atoms with Gasteiger partial charge in [-0.05, 0) is 47.9 Å². The van der Waals surface area contributed by atoms with E-state index in [1.54, 1.807) is 0 Å². The maximum Gasteiger partial charge on any atom is 0.229 e. The Bertz CT molecular complexity index is 1450. The van der Waals surface area contributed by atoms with E-state index in [2.05, 4.69) is 15.0 Å². The minimum Gasteiger partial charge on any atom is -0.326 e. The van der Waals surface area contributed by atoms with Crippen LogP contribution in [-0.2, 0) is 21.2 Å². The minimum absolute atomic E-state index is 0.0418. The fraction of sp³-hybridized carbons (Fsp3) is 0.120. The first-order chi connectivity index (χ1) is 15.7. The van der Waals surface area contributed by atoms with Gasteiger partial charge in [-0.3, -0.25) is 14.5 Å². The summed E-state index contributed by atoms with van der Waals surface area (Å²) in [6, 6.07) is 21.3. The molecule has 3 aromatic carbocycles. The van der Waals surface area contributed by atoms with Crippen molar-refractivity contribution in [2.45, 2.75) is 13.3 Å². The van der Waals surface area contributed by atoms with Gasteiger partial charge in [-0.1, -0.05) is 48.5 Å². The van der Waals surface area contributed by atoms with Gasteiger partial charge in [0.2, 0.25) is 15.9 Å². The lowest BCUT2D eigenvalue weighted by Crippen LogP contribution is -2.17. The van der Waals surface area contributed by atoms with Crippen LogP contribution < -0.4 is 10.0 Å². The second-order valence-corrected chi connectivity index (χ2v) is 9.48. The Hall–Kier alpha value is -3.78. The molecule has 0 radical (unpaired) electrons. The van der Waals surface area contributed by atoms with Gasteiger partial charge in [-0.15, -0.1) is 0 Å². The molecular weight excluding hydrogens is 441 g/mol. The number of carbonyl (C=O) groups excluding carboxylic acids is 1. The Morgan fingerprint density at radius 1 is 1.00 bits per heavy atom. The number of nitrogens with one attached hydrogen (secondary N) is 2. The number of sulfonamides is 1. The molecule has 0 atom stereocenters. The van der Waals surface area contributed by atoms with Crippen LogP contribution in [0.4, 0.5) is 15.8 Å². The molecule has 0 aliphatic heterocycles. The van der Waals surface area contributed by atoms with Crippen molar-refractivity contribution >= 4 is 38.2 Å². The molecular formula is C25H22FN3O3S. The summed E-state index contributed by atoms with van der Waals surface area (Å²) < 4.78 is 39.0. The van der Waals surface area contributed by atoms with Gasteiger partial charge in [0.15, 0.2) is 0 Å². The lowest BCUT2D eigenvalue weighted by Gasteiger charge is -2.16. The molecule has 1 amide bonds. The molecule has 0 fully saturated rings. The Kier molecular flexibility index (Phi) is 6.11. The van der Waals surface area contributed by atoms with Crippen LogP contribution in [0.15, 0.2) is 72.8 Å². The molecule has 0 saturated carbocycles. The lowest BCUT2D eigenvalue weighted by molar-refractivity contribution is -0.115. The minimum atomic E-state index is -3.67. The first-order valence-corrected chi connectivity index (χ1v) is 12.1. The molecule has 1 aromatic heterocycles. The molecule has 168 valence electrons. The number of benzene rings is 3. The number of fused-ring (bicyclic) bond motifs is 1. The molecule has 0 unspecified atom stereocenters. The van der Waals surface area contributed by atoms with Crippen molar-refractivity contribution in [3.05, 3.63) is 89.9 Å². The molecule has 8 heteroatoms. The number of halogens is 1. The zero-order valence-corrected chi connectivity index (χ0v) is 18.9. The van der Waals surface area contributed by atoms with Crippen molar-refractivity contribution in [3.63, 3.8) is 0 Å². The number of aromatic nitrogens is 1. The first kappa shape index (κ1) is 22.4. The summed E-state index contributed by atoms with van der Waals surface area (Å²) in [6.07, 6.45) is 0.971. The summed E-state index contributed by atoms with van der Waals surface area (Å²) in [6.45, 7) is 1.87. The van der Waals surface area contributed by atoms with Gasteiger partial charge in [0.1, 0.15) is 5.82 Å². The second kappa shape index (κ2) is 8.99. The van der Waals surface area contributed by atoms with Gasteiger partial charge >= 0.3 is 0 Å². The number of pyridine rings is 1. The number of rotatable bonds is 6. The standard InChI is InChI=1S/C25H22FN3O3S/c1-16-20(15-24(30)28-18-12-13-21(26)23(14-18)29-33(2,31)32)25(17-8-4-3-5-9-17)19-10-6-7-11-22(19)27-16/h3-14,29H,15H2,1-2H3,(H,28,30). The van der Waals surface area contributed by atoms with E-state index in [1.807, 2.05) is 61.5 Å². The molecule has 0 aliphatic rings. The van der Waals surface area contributed by atoms with E-state index in [-0.39, 0.29) is 23.7 Å². The van der Waals surface area contributed by atoms with Gasteiger partial charge < -0.3 is 5.32 Å². The maximum absolute atomic E-state index is 14.0. The molecule has 0 saturated heterocycles. The molecule has 0 spiro atoms. The van der Waals surface area contributed by atoms with Crippen LogP contribution >= 0.6 is 0 Å². The van der Waals surface area contributed by atoms with Crippen LogP contribution in [0.1, 0.15) is 11.3 Å². The third-order valence-corrected chi connectivity index (χ3v) is 5.74. The third kappa shape index (κ3) is 5.18. The second-order valence-electron chi connectivity index (χ2n) is 7.73. The van der Waals surface area contributed by atoms with Gasteiger partial charge in [-0.25, -0.2) is 12.8 Å². The average Bonchev–Trinajstić information content (AvgIpc) is 2.76. The lowest BCUT2D eigenvalue weighted by atomic mass is 9.92. The van der Waals surface area contributed by atoms with E-state index in [0.717, 1.165) is 45.6 Å². The number of anilines is 2. The predicted octanol–water partition coefficient (Wildman–Crippen LogP) is 4.90.